The summed E-state index contributed by atoms with van der Waals surface area (Å²) in [6.45, 7) is 4.75. The number of nitro groups is 1. The van der Waals surface area contributed by atoms with Crippen molar-refractivity contribution in [3.05, 3.63) is 38.9 Å². The Bertz CT molecular complexity index is 444. The number of hydrogen-bond donors (Lipinski definition) is 0. The first-order chi connectivity index (χ1) is 8.01. The Labute approximate surface area is 104 Å². The van der Waals surface area contributed by atoms with Gasteiger partial charge in [-0.3, -0.25) is 14.9 Å². The highest BCUT2D eigenvalue weighted by atomic mass is 35.5. The number of benzene rings is 1. The Morgan fingerprint density at radius 2 is 2.00 bits per heavy atom. The summed E-state index contributed by atoms with van der Waals surface area (Å²) in [5, 5.41) is 10.9. The number of non-ortho nitro benzene ring substituents is 1. The number of halogens is 1. The number of hydrogen-bond acceptors (Lipinski definition) is 3. The van der Waals surface area contributed by atoms with Crippen LogP contribution in [0.4, 0.5) is 5.69 Å². The average Bonchev–Trinajstić information content (AvgIpc) is 2.30. The van der Waals surface area contributed by atoms with Crippen LogP contribution in [0.2, 0.25) is 5.02 Å². The van der Waals surface area contributed by atoms with Crippen LogP contribution in [0.25, 0.3) is 0 Å². The summed E-state index contributed by atoms with van der Waals surface area (Å²) in [4.78, 5) is 23.7. The molecule has 0 saturated carbocycles. The molecule has 0 atom stereocenters. The molecule has 17 heavy (non-hydrogen) atoms. The summed E-state index contributed by atoms with van der Waals surface area (Å²) in [6.07, 6.45) is 0. The van der Waals surface area contributed by atoms with E-state index < -0.39 is 4.92 Å². The molecule has 0 fully saturated rings. The Morgan fingerprint density at radius 3 is 2.47 bits per heavy atom. The molecule has 0 saturated heterocycles. The van der Waals surface area contributed by atoms with Gasteiger partial charge in [-0.2, -0.15) is 0 Å². The third kappa shape index (κ3) is 2.94. The SMILES string of the molecule is CCN(CC)C(=O)c1cc([N+](=O)[O-])ccc1Cl. The van der Waals surface area contributed by atoms with Gasteiger partial charge in [0.2, 0.25) is 0 Å². The van der Waals surface area contributed by atoms with Gasteiger partial charge in [-0.15, -0.1) is 0 Å². The van der Waals surface area contributed by atoms with E-state index in [1.165, 1.54) is 18.2 Å². The third-order valence-electron chi connectivity index (χ3n) is 2.44. The zero-order valence-electron chi connectivity index (χ0n) is 9.64. The number of carbonyl (C=O) groups is 1. The van der Waals surface area contributed by atoms with Gasteiger partial charge < -0.3 is 4.90 Å². The van der Waals surface area contributed by atoms with E-state index in [0.29, 0.717) is 13.1 Å². The van der Waals surface area contributed by atoms with Crippen molar-refractivity contribution in [1.82, 2.24) is 4.90 Å². The lowest BCUT2D eigenvalue weighted by molar-refractivity contribution is -0.384. The van der Waals surface area contributed by atoms with Crippen molar-refractivity contribution in [3.63, 3.8) is 0 Å². The number of amides is 1. The van der Waals surface area contributed by atoms with E-state index in [-0.39, 0.29) is 22.2 Å². The molecule has 1 aromatic rings. The number of nitrogens with zero attached hydrogens (tertiary/aromatic N) is 2. The van der Waals surface area contributed by atoms with Gasteiger partial charge in [-0.1, -0.05) is 11.6 Å². The zero-order chi connectivity index (χ0) is 13.0. The molecule has 0 aromatic heterocycles. The zero-order valence-corrected chi connectivity index (χ0v) is 10.4. The molecule has 0 aliphatic carbocycles. The van der Waals surface area contributed by atoms with Crippen molar-refractivity contribution in [1.29, 1.82) is 0 Å². The first-order valence-corrected chi connectivity index (χ1v) is 5.62. The molecule has 6 heteroatoms. The first-order valence-electron chi connectivity index (χ1n) is 5.24. The summed E-state index contributed by atoms with van der Waals surface area (Å²) < 4.78 is 0. The van der Waals surface area contributed by atoms with Gasteiger partial charge in [0.15, 0.2) is 0 Å². The van der Waals surface area contributed by atoms with E-state index in [0.717, 1.165) is 0 Å². The van der Waals surface area contributed by atoms with Crippen LogP contribution in [0.15, 0.2) is 18.2 Å². The van der Waals surface area contributed by atoms with Crippen molar-refractivity contribution < 1.29 is 9.72 Å². The van der Waals surface area contributed by atoms with Crippen LogP contribution < -0.4 is 0 Å². The van der Waals surface area contributed by atoms with Gasteiger partial charge in [-0.05, 0) is 19.9 Å². The van der Waals surface area contributed by atoms with Crippen LogP contribution in [-0.4, -0.2) is 28.8 Å². The van der Waals surface area contributed by atoms with Gasteiger partial charge in [0, 0.05) is 25.2 Å². The minimum atomic E-state index is -0.546. The van der Waals surface area contributed by atoms with Crippen LogP contribution >= 0.6 is 11.6 Å². The lowest BCUT2D eigenvalue weighted by Gasteiger charge is -2.19. The van der Waals surface area contributed by atoms with Gasteiger partial charge in [0.1, 0.15) is 0 Å². The van der Waals surface area contributed by atoms with E-state index in [1.807, 2.05) is 13.8 Å². The van der Waals surface area contributed by atoms with Crippen molar-refractivity contribution in [3.8, 4) is 0 Å². The lowest BCUT2D eigenvalue weighted by atomic mass is 10.1. The van der Waals surface area contributed by atoms with Crippen LogP contribution in [0, 0.1) is 10.1 Å². The first kappa shape index (κ1) is 13.4. The molecule has 1 rings (SSSR count). The molecule has 0 aliphatic heterocycles. The maximum absolute atomic E-state index is 12.0. The largest absolute Gasteiger partial charge is 0.339 e. The molecule has 0 N–H and O–H groups in total. The molecule has 92 valence electrons. The second-order valence-electron chi connectivity index (χ2n) is 3.40. The van der Waals surface area contributed by atoms with Crippen molar-refractivity contribution >= 4 is 23.2 Å². The molecule has 1 amide bonds. The predicted molar refractivity (Wildman–Crippen MR) is 65.4 cm³/mol. The molecule has 1 aromatic carbocycles. The minimum absolute atomic E-state index is 0.134. The van der Waals surface area contributed by atoms with Gasteiger partial charge in [0.25, 0.3) is 11.6 Å². The van der Waals surface area contributed by atoms with Crippen molar-refractivity contribution in [2.45, 2.75) is 13.8 Å². The molecule has 0 heterocycles. The molecule has 0 radical (unpaired) electrons. The van der Waals surface area contributed by atoms with E-state index in [1.54, 1.807) is 4.90 Å². The van der Waals surface area contributed by atoms with Crippen LogP contribution in [0.3, 0.4) is 0 Å². The van der Waals surface area contributed by atoms with E-state index in [4.69, 9.17) is 11.6 Å². The summed E-state index contributed by atoms with van der Waals surface area (Å²) in [5.41, 5.74) is 0.0365. The summed E-state index contributed by atoms with van der Waals surface area (Å²) in [5.74, 6) is -0.288. The topological polar surface area (TPSA) is 63.5 Å². The Hall–Kier alpha value is -1.62. The summed E-state index contributed by atoms with van der Waals surface area (Å²) >= 11 is 5.88. The summed E-state index contributed by atoms with van der Waals surface area (Å²) in [6, 6.07) is 3.86. The highest BCUT2D eigenvalue weighted by molar-refractivity contribution is 6.33. The fourth-order valence-corrected chi connectivity index (χ4v) is 1.67. The van der Waals surface area contributed by atoms with Crippen LogP contribution in [0.5, 0.6) is 0 Å². The van der Waals surface area contributed by atoms with Crippen LogP contribution in [0.1, 0.15) is 24.2 Å². The number of rotatable bonds is 4. The number of nitro benzene ring substituents is 1. The minimum Gasteiger partial charge on any atom is -0.339 e. The highest BCUT2D eigenvalue weighted by Gasteiger charge is 2.19. The second kappa shape index (κ2) is 5.63. The fraction of sp³-hybridized carbons (Fsp3) is 0.364. The Balaban J connectivity index is 3.16. The van der Waals surface area contributed by atoms with Gasteiger partial charge in [0.05, 0.1) is 15.5 Å². The molecule has 5 nitrogen and oxygen atoms in total. The predicted octanol–water partition coefficient (Wildman–Crippen LogP) is 2.73. The van der Waals surface area contributed by atoms with Gasteiger partial charge >= 0.3 is 0 Å². The van der Waals surface area contributed by atoms with Crippen LogP contribution in [-0.2, 0) is 0 Å². The number of carbonyl (C=O) groups excluding carboxylic acids is 1. The second-order valence-corrected chi connectivity index (χ2v) is 3.81. The molecule has 0 bridgehead atoms. The third-order valence-corrected chi connectivity index (χ3v) is 2.77. The standard InChI is InChI=1S/C11H13ClN2O3/c1-3-13(4-2)11(15)9-7-8(14(16)17)5-6-10(9)12/h5-7H,3-4H2,1-2H3. The highest BCUT2D eigenvalue weighted by Crippen LogP contribution is 2.23. The van der Waals surface area contributed by atoms with Crippen molar-refractivity contribution in [2.75, 3.05) is 13.1 Å². The molecular weight excluding hydrogens is 244 g/mol. The monoisotopic (exact) mass is 256 g/mol. The molecule has 0 unspecified atom stereocenters. The molecular formula is C11H13ClN2O3. The van der Waals surface area contributed by atoms with Gasteiger partial charge in [-0.25, -0.2) is 0 Å². The Kier molecular flexibility index (Phi) is 4.45. The molecule has 0 aliphatic rings. The average molecular weight is 257 g/mol. The normalized spacial score (nSPS) is 10.1. The maximum Gasteiger partial charge on any atom is 0.270 e. The Morgan fingerprint density at radius 1 is 1.41 bits per heavy atom. The fourth-order valence-electron chi connectivity index (χ4n) is 1.47. The smallest absolute Gasteiger partial charge is 0.270 e. The van der Waals surface area contributed by atoms with E-state index in [2.05, 4.69) is 0 Å². The quantitative estimate of drug-likeness (QED) is 0.615. The lowest BCUT2D eigenvalue weighted by Crippen LogP contribution is -2.30. The summed E-state index contributed by atoms with van der Waals surface area (Å²) in [7, 11) is 0. The molecule has 0 spiro atoms. The van der Waals surface area contributed by atoms with Crippen molar-refractivity contribution in [2.24, 2.45) is 0 Å². The maximum atomic E-state index is 12.0. The van der Waals surface area contributed by atoms with E-state index in [9.17, 15) is 14.9 Å². The van der Waals surface area contributed by atoms with E-state index >= 15 is 0 Å².